The van der Waals surface area contributed by atoms with Crippen LogP contribution in [0, 0.1) is 5.92 Å². The fourth-order valence-corrected chi connectivity index (χ4v) is 2.48. The number of alkyl halides is 2. The Kier molecular flexibility index (Phi) is 3.51. The molecule has 1 heterocycles. The number of halogens is 2. The summed E-state index contributed by atoms with van der Waals surface area (Å²) in [5.41, 5.74) is 0. The summed E-state index contributed by atoms with van der Waals surface area (Å²) >= 11 is 0. The van der Waals surface area contributed by atoms with Crippen molar-refractivity contribution in [1.29, 1.82) is 0 Å². The van der Waals surface area contributed by atoms with Gasteiger partial charge in [0.1, 0.15) is 0 Å². The molecule has 0 amide bonds. The second kappa shape index (κ2) is 4.13. The molecule has 0 saturated carbocycles. The molecule has 0 radical (unpaired) electrons. The molecular formula is C11H21F2N. The predicted octanol–water partition coefficient (Wildman–Crippen LogP) is 3.15. The summed E-state index contributed by atoms with van der Waals surface area (Å²) in [6.07, 6.45) is 0.674. The van der Waals surface area contributed by atoms with E-state index in [9.17, 15) is 8.78 Å². The Labute approximate surface area is 85.5 Å². The van der Waals surface area contributed by atoms with Crippen LogP contribution in [0.4, 0.5) is 8.78 Å². The Morgan fingerprint density at radius 3 is 2.14 bits per heavy atom. The number of hydrogen-bond donors (Lipinski definition) is 0. The molecule has 84 valence electrons. The first kappa shape index (κ1) is 11.9. The topological polar surface area (TPSA) is 3.24 Å². The fraction of sp³-hybridized carbons (Fsp3) is 1.00. The number of hydrogen-bond acceptors (Lipinski definition) is 1. The van der Waals surface area contributed by atoms with E-state index in [2.05, 4.69) is 0 Å². The first-order chi connectivity index (χ1) is 6.36. The lowest BCUT2D eigenvalue weighted by Gasteiger charge is -2.45. The third-order valence-electron chi connectivity index (χ3n) is 3.01. The molecule has 1 saturated heterocycles. The van der Waals surface area contributed by atoms with Gasteiger partial charge in [0, 0.05) is 12.5 Å². The van der Waals surface area contributed by atoms with Crippen LogP contribution in [0.3, 0.4) is 0 Å². The molecule has 0 aromatic carbocycles. The van der Waals surface area contributed by atoms with Crippen molar-refractivity contribution in [2.75, 3.05) is 6.54 Å². The average molecular weight is 205 g/mol. The van der Waals surface area contributed by atoms with Gasteiger partial charge in [-0.05, 0) is 32.7 Å². The Morgan fingerprint density at radius 2 is 1.79 bits per heavy atom. The molecule has 0 N–H and O–H groups in total. The van der Waals surface area contributed by atoms with Crippen LogP contribution in [0.2, 0.25) is 0 Å². The van der Waals surface area contributed by atoms with E-state index >= 15 is 0 Å². The smallest absolute Gasteiger partial charge is 0.263 e. The highest BCUT2D eigenvalue weighted by Crippen LogP contribution is 2.37. The molecule has 0 aromatic rings. The van der Waals surface area contributed by atoms with E-state index in [1.54, 1.807) is 0 Å². The van der Waals surface area contributed by atoms with Crippen LogP contribution in [0.5, 0.6) is 0 Å². The summed E-state index contributed by atoms with van der Waals surface area (Å²) in [5.74, 6) is -2.48. The zero-order chi connectivity index (χ0) is 10.9. The molecule has 1 unspecified atom stereocenters. The lowest BCUT2D eigenvalue weighted by Crippen LogP contribution is -2.57. The Hall–Kier alpha value is -0.180. The van der Waals surface area contributed by atoms with E-state index in [-0.39, 0.29) is 18.4 Å². The molecule has 3 heteroatoms. The van der Waals surface area contributed by atoms with E-state index in [0.717, 1.165) is 6.54 Å². The molecule has 0 aliphatic carbocycles. The minimum absolute atomic E-state index is 0.0210. The quantitative estimate of drug-likeness (QED) is 0.669. The van der Waals surface area contributed by atoms with Crippen LogP contribution in [0.15, 0.2) is 0 Å². The van der Waals surface area contributed by atoms with Gasteiger partial charge in [0.15, 0.2) is 0 Å². The molecular weight excluding hydrogens is 184 g/mol. The van der Waals surface area contributed by atoms with Crippen LogP contribution < -0.4 is 0 Å². The molecule has 1 rings (SSSR count). The Morgan fingerprint density at radius 1 is 1.21 bits per heavy atom. The van der Waals surface area contributed by atoms with Crippen LogP contribution in [-0.4, -0.2) is 29.5 Å². The van der Waals surface area contributed by atoms with Gasteiger partial charge in [-0.15, -0.1) is 0 Å². The van der Waals surface area contributed by atoms with Crippen molar-refractivity contribution < 1.29 is 8.78 Å². The highest BCUT2D eigenvalue weighted by atomic mass is 19.3. The molecule has 14 heavy (non-hydrogen) atoms. The van der Waals surface area contributed by atoms with Crippen LogP contribution in [-0.2, 0) is 0 Å². The van der Waals surface area contributed by atoms with E-state index < -0.39 is 12.0 Å². The first-order valence-corrected chi connectivity index (χ1v) is 5.50. The summed E-state index contributed by atoms with van der Waals surface area (Å²) in [4.78, 5) is 1.95. The highest BCUT2D eigenvalue weighted by Gasteiger charge is 2.47. The normalized spacial score (nSPS) is 28.7. The minimum Gasteiger partial charge on any atom is -0.292 e. The van der Waals surface area contributed by atoms with Crippen molar-refractivity contribution in [2.24, 2.45) is 5.92 Å². The molecule has 0 spiro atoms. The summed E-state index contributed by atoms with van der Waals surface area (Å²) in [6, 6.07) is -0.357. The van der Waals surface area contributed by atoms with Gasteiger partial charge >= 0.3 is 0 Å². The average Bonchev–Trinajstić information content (AvgIpc) is 2.00. The van der Waals surface area contributed by atoms with Gasteiger partial charge in [-0.3, -0.25) is 4.90 Å². The van der Waals surface area contributed by atoms with E-state index in [1.165, 1.54) is 0 Å². The third kappa shape index (κ3) is 2.25. The van der Waals surface area contributed by atoms with Crippen molar-refractivity contribution in [3.63, 3.8) is 0 Å². The van der Waals surface area contributed by atoms with Crippen molar-refractivity contribution in [3.8, 4) is 0 Å². The van der Waals surface area contributed by atoms with Crippen molar-refractivity contribution >= 4 is 0 Å². The monoisotopic (exact) mass is 205 g/mol. The predicted molar refractivity (Wildman–Crippen MR) is 54.6 cm³/mol. The Balaban J connectivity index is 2.84. The molecule has 0 bridgehead atoms. The number of rotatable bonds is 2. The van der Waals surface area contributed by atoms with Gasteiger partial charge in [-0.1, -0.05) is 13.8 Å². The fourth-order valence-electron chi connectivity index (χ4n) is 2.48. The summed E-state index contributed by atoms with van der Waals surface area (Å²) in [7, 11) is 0. The number of nitrogens with zero attached hydrogens (tertiary/aromatic N) is 1. The van der Waals surface area contributed by atoms with Gasteiger partial charge in [-0.2, -0.15) is 0 Å². The third-order valence-corrected chi connectivity index (χ3v) is 3.01. The molecule has 1 aliphatic rings. The van der Waals surface area contributed by atoms with Crippen molar-refractivity contribution in [1.82, 2.24) is 4.90 Å². The first-order valence-electron chi connectivity index (χ1n) is 5.50. The maximum Gasteiger partial charge on any atom is 0.263 e. The highest BCUT2D eigenvalue weighted by molar-refractivity contribution is 4.93. The standard InChI is InChI=1S/C11H21F2N/c1-8(2)10-11(12,13)6-5-7-14(10)9(3)4/h8-10H,5-7H2,1-4H3. The van der Waals surface area contributed by atoms with E-state index in [0.29, 0.717) is 6.42 Å². The lowest BCUT2D eigenvalue weighted by atomic mass is 9.88. The Bertz CT molecular complexity index is 190. The van der Waals surface area contributed by atoms with Gasteiger partial charge in [0.25, 0.3) is 5.92 Å². The maximum atomic E-state index is 13.7. The minimum atomic E-state index is -2.50. The molecule has 0 aromatic heterocycles. The number of piperidine rings is 1. The summed E-state index contributed by atoms with van der Waals surface area (Å²) in [6.45, 7) is 8.59. The largest absolute Gasteiger partial charge is 0.292 e. The molecule has 1 atom stereocenters. The SMILES string of the molecule is CC(C)C1N(C(C)C)CCCC1(F)F. The molecule has 1 aliphatic heterocycles. The van der Waals surface area contributed by atoms with Gasteiger partial charge in [0.05, 0.1) is 6.04 Å². The number of likely N-dealkylation sites (tertiary alicyclic amines) is 1. The van der Waals surface area contributed by atoms with Crippen LogP contribution >= 0.6 is 0 Å². The van der Waals surface area contributed by atoms with Gasteiger partial charge in [-0.25, -0.2) is 8.78 Å². The van der Waals surface area contributed by atoms with E-state index in [4.69, 9.17) is 0 Å². The van der Waals surface area contributed by atoms with Crippen LogP contribution in [0.1, 0.15) is 40.5 Å². The second-order valence-electron chi connectivity index (χ2n) is 4.89. The molecule has 1 fully saturated rings. The zero-order valence-electron chi connectivity index (χ0n) is 9.56. The van der Waals surface area contributed by atoms with E-state index in [1.807, 2.05) is 32.6 Å². The van der Waals surface area contributed by atoms with Crippen molar-refractivity contribution in [2.45, 2.75) is 58.5 Å². The maximum absolute atomic E-state index is 13.7. The van der Waals surface area contributed by atoms with Crippen LogP contribution in [0.25, 0.3) is 0 Å². The zero-order valence-corrected chi connectivity index (χ0v) is 9.56. The van der Waals surface area contributed by atoms with Gasteiger partial charge < -0.3 is 0 Å². The second-order valence-corrected chi connectivity index (χ2v) is 4.89. The molecule has 1 nitrogen and oxygen atoms in total. The lowest BCUT2D eigenvalue weighted by molar-refractivity contribution is -0.136. The summed E-state index contributed by atoms with van der Waals surface area (Å²) in [5, 5.41) is 0. The van der Waals surface area contributed by atoms with Gasteiger partial charge in [0.2, 0.25) is 0 Å². The van der Waals surface area contributed by atoms with Crippen molar-refractivity contribution in [3.05, 3.63) is 0 Å². The summed E-state index contributed by atoms with van der Waals surface area (Å²) < 4.78 is 27.4.